The lowest BCUT2D eigenvalue weighted by atomic mass is 9.95. The van der Waals surface area contributed by atoms with E-state index in [0.717, 1.165) is 50.4 Å². The maximum atomic E-state index is 13.0. The van der Waals surface area contributed by atoms with Gasteiger partial charge in [-0.05, 0) is 43.0 Å². The second-order valence-corrected chi connectivity index (χ2v) is 7.22. The molecule has 0 radical (unpaired) electrons. The van der Waals surface area contributed by atoms with Gasteiger partial charge in [-0.2, -0.15) is 5.10 Å². The zero-order chi connectivity index (χ0) is 18.9. The van der Waals surface area contributed by atoms with E-state index in [2.05, 4.69) is 37.3 Å². The summed E-state index contributed by atoms with van der Waals surface area (Å²) in [5.41, 5.74) is 2.36. The third-order valence-corrected chi connectivity index (χ3v) is 5.61. The Bertz CT molecular complexity index is 962. The third kappa shape index (κ3) is 3.00. The number of benzene rings is 1. The highest BCUT2D eigenvalue weighted by Gasteiger charge is 2.32. The van der Waals surface area contributed by atoms with Crippen LogP contribution in [0.5, 0.6) is 0 Å². The quantitative estimate of drug-likeness (QED) is 0.695. The fraction of sp³-hybridized carbons (Fsp3) is 0.350. The first-order valence-corrected chi connectivity index (χ1v) is 9.62. The number of nitrogens with zero attached hydrogens (tertiary/aromatic N) is 7. The standard InChI is InChI=1S/C20H21N7O/c28-20(26-12-9-15-3-1-2-4-17(15)26)16-7-10-25(11-8-16)18-5-6-19(24-23-18)27-14-21-13-22-27/h1-6,13-14,16H,7-12H2. The molecule has 0 bridgehead atoms. The van der Waals surface area contributed by atoms with Gasteiger partial charge in [0, 0.05) is 31.2 Å². The topological polar surface area (TPSA) is 80.0 Å². The summed E-state index contributed by atoms with van der Waals surface area (Å²) in [4.78, 5) is 21.1. The number of carbonyl (C=O) groups is 1. The summed E-state index contributed by atoms with van der Waals surface area (Å²) in [7, 11) is 0. The van der Waals surface area contributed by atoms with Crippen molar-refractivity contribution in [2.45, 2.75) is 19.3 Å². The number of hydrogen-bond acceptors (Lipinski definition) is 6. The number of aromatic nitrogens is 5. The molecule has 2 aromatic heterocycles. The van der Waals surface area contributed by atoms with E-state index in [4.69, 9.17) is 0 Å². The van der Waals surface area contributed by atoms with Gasteiger partial charge in [0.15, 0.2) is 11.6 Å². The Balaban J connectivity index is 1.22. The highest BCUT2D eigenvalue weighted by atomic mass is 16.2. The summed E-state index contributed by atoms with van der Waals surface area (Å²) in [6.45, 7) is 2.42. The van der Waals surface area contributed by atoms with Crippen molar-refractivity contribution < 1.29 is 4.79 Å². The maximum Gasteiger partial charge on any atom is 0.230 e. The molecule has 1 aromatic carbocycles. The molecule has 0 saturated carbocycles. The summed E-state index contributed by atoms with van der Waals surface area (Å²) >= 11 is 0. The van der Waals surface area contributed by atoms with E-state index in [-0.39, 0.29) is 11.8 Å². The van der Waals surface area contributed by atoms with Crippen LogP contribution in [0.2, 0.25) is 0 Å². The second kappa shape index (κ2) is 7.03. The number of carbonyl (C=O) groups excluding carboxylic acids is 1. The van der Waals surface area contributed by atoms with Gasteiger partial charge in [-0.3, -0.25) is 4.79 Å². The Hall–Kier alpha value is -3.29. The zero-order valence-electron chi connectivity index (χ0n) is 15.5. The Labute approximate surface area is 162 Å². The van der Waals surface area contributed by atoms with Crippen molar-refractivity contribution in [3.05, 3.63) is 54.6 Å². The predicted molar refractivity (Wildman–Crippen MR) is 104 cm³/mol. The Morgan fingerprint density at radius 2 is 1.75 bits per heavy atom. The van der Waals surface area contributed by atoms with Crippen LogP contribution in [0, 0.1) is 5.92 Å². The first-order chi connectivity index (χ1) is 13.8. The first-order valence-electron chi connectivity index (χ1n) is 9.62. The molecule has 1 saturated heterocycles. The summed E-state index contributed by atoms with van der Waals surface area (Å²) in [6, 6.07) is 12.1. The van der Waals surface area contributed by atoms with Crippen molar-refractivity contribution in [3.8, 4) is 5.82 Å². The number of para-hydroxylation sites is 1. The molecule has 2 aliphatic rings. The fourth-order valence-corrected chi connectivity index (χ4v) is 4.08. The SMILES string of the molecule is O=C(C1CCN(c2ccc(-n3cncn3)nn2)CC1)N1CCc2ccccc21. The normalized spacial score (nSPS) is 17.0. The van der Waals surface area contributed by atoms with E-state index in [1.54, 1.807) is 11.0 Å². The molecular formula is C20H21N7O. The lowest BCUT2D eigenvalue weighted by molar-refractivity contribution is -0.122. The number of anilines is 2. The molecule has 4 heterocycles. The van der Waals surface area contributed by atoms with E-state index in [1.807, 2.05) is 29.2 Å². The molecule has 2 aliphatic heterocycles. The summed E-state index contributed by atoms with van der Waals surface area (Å²) in [5.74, 6) is 1.81. The molecule has 0 aliphatic carbocycles. The monoisotopic (exact) mass is 375 g/mol. The van der Waals surface area contributed by atoms with Gasteiger partial charge in [-0.1, -0.05) is 18.2 Å². The van der Waals surface area contributed by atoms with Gasteiger partial charge in [0.25, 0.3) is 0 Å². The van der Waals surface area contributed by atoms with Gasteiger partial charge < -0.3 is 9.80 Å². The summed E-state index contributed by atoms with van der Waals surface area (Å²) in [5, 5.41) is 12.6. The van der Waals surface area contributed by atoms with Crippen LogP contribution in [0.3, 0.4) is 0 Å². The van der Waals surface area contributed by atoms with Crippen LogP contribution in [0.4, 0.5) is 11.5 Å². The van der Waals surface area contributed by atoms with Crippen LogP contribution in [0.1, 0.15) is 18.4 Å². The number of rotatable bonds is 3. The van der Waals surface area contributed by atoms with Crippen molar-refractivity contribution in [1.29, 1.82) is 0 Å². The minimum absolute atomic E-state index is 0.0739. The molecule has 0 unspecified atom stereocenters. The predicted octanol–water partition coefficient (Wildman–Crippen LogP) is 1.86. The minimum atomic E-state index is 0.0739. The molecule has 1 fully saturated rings. The molecule has 8 nitrogen and oxygen atoms in total. The lowest BCUT2D eigenvalue weighted by Gasteiger charge is -2.33. The lowest BCUT2D eigenvalue weighted by Crippen LogP contribution is -2.42. The van der Waals surface area contributed by atoms with E-state index < -0.39 is 0 Å². The molecule has 28 heavy (non-hydrogen) atoms. The average Bonchev–Trinajstić information content (AvgIpc) is 3.44. The number of amides is 1. The van der Waals surface area contributed by atoms with Crippen LogP contribution in [0.15, 0.2) is 49.1 Å². The Morgan fingerprint density at radius 3 is 2.50 bits per heavy atom. The van der Waals surface area contributed by atoms with E-state index in [1.165, 1.54) is 11.9 Å². The summed E-state index contributed by atoms with van der Waals surface area (Å²) < 4.78 is 1.58. The highest BCUT2D eigenvalue weighted by Crippen LogP contribution is 2.31. The molecule has 5 rings (SSSR count). The van der Waals surface area contributed by atoms with Crippen LogP contribution in [0.25, 0.3) is 5.82 Å². The molecule has 0 atom stereocenters. The van der Waals surface area contributed by atoms with Gasteiger partial charge in [0.05, 0.1) is 0 Å². The fourth-order valence-electron chi connectivity index (χ4n) is 4.08. The summed E-state index contributed by atoms with van der Waals surface area (Å²) in [6.07, 6.45) is 5.69. The Morgan fingerprint density at radius 1 is 0.964 bits per heavy atom. The Kier molecular flexibility index (Phi) is 4.23. The maximum absolute atomic E-state index is 13.0. The second-order valence-electron chi connectivity index (χ2n) is 7.22. The zero-order valence-corrected chi connectivity index (χ0v) is 15.5. The van der Waals surface area contributed by atoms with E-state index in [9.17, 15) is 4.79 Å². The van der Waals surface area contributed by atoms with Gasteiger partial charge in [0.1, 0.15) is 12.7 Å². The smallest absolute Gasteiger partial charge is 0.230 e. The van der Waals surface area contributed by atoms with Crippen molar-refractivity contribution in [1.82, 2.24) is 25.0 Å². The van der Waals surface area contributed by atoms with Crippen molar-refractivity contribution in [2.24, 2.45) is 5.92 Å². The number of piperidine rings is 1. The molecule has 8 heteroatoms. The van der Waals surface area contributed by atoms with Crippen molar-refractivity contribution in [2.75, 3.05) is 29.4 Å². The van der Waals surface area contributed by atoms with Gasteiger partial charge in [-0.15, -0.1) is 10.2 Å². The van der Waals surface area contributed by atoms with Crippen LogP contribution in [-0.4, -0.2) is 50.5 Å². The molecule has 142 valence electrons. The first kappa shape index (κ1) is 16.9. The highest BCUT2D eigenvalue weighted by molar-refractivity contribution is 5.97. The van der Waals surface area contributed by atoms with Crippen LogP contribution < -0.4 is 9.80 Å². The van der Waals surface area contributed by atoms with Crippen LogP contribution in [-0.2, 0) is 11.2 Å². The van der Waals surface area contributed by atoms with E-state index in [0.29, 0.717) is 5.82 Å². The van der Waals surface area contributed by atoms with E-state index >= 15 is 0 Å². The molecule has 3 aromatic rings. The molecule has 1 amide bonds. The molecular weight excluding hydrogens is 354 g/mol. The van der Waals surface area contributed by atoms with Crippen molar-refractivity contribution >= 4 is 17.4 Å². The molecule has 0 N–H and O–H groups in total. The van der Waals surface area contributed by atoms with Crippen LogP contribution >= 0.6 is 0 Å². The largest absolute Gasteiger partial charge is 0.355 e. The number of fused-ring (bicyclic) bond motifs is 1. The number of hydrogen-bond donors (Lipinski definition) is 0. The minimum Gasteiger partial charge on any atom is -0.355 e. The average molecular weight is 375 g/mol. The molecule has 0 spiro atoms. The van der Waals surface area contributed by atoms with Gasteiger partial charge in [-0.25, -0.2) is 9.67 Å². The van der Waals surface area contributed by atoms with Crippen molar-refractivity contribution in [3.63, 3.8) is 0 Å². The van der Waals surface area contributed by atoms with Gasteiger partial charge >= 0.3 is 0 Å². The van der Waals surface area contributed by atoms with Gasteiger partial charge in [0.2, 0.25) is 5.91 Å². The third-order valence-electron chi connectivity index (χ3n) is 5.61.